The molecule has 1 saturated heterocycles. The lowest BCUT2D eigenvalue weighted by atomic mass is 9.97. The van der Waals surface area contributed by atoms with Crippen molar-refractivity contribution in [2.45, 2.75) is 12.1 Å². The van der Waals surface area contributed by atoms with Gasteiger partial charge >= 0.3 is 5.97 Å². The number of amides is 1. The fourth-order valence-corrected chi connectivity index (χ4v) is 3.48. The lowest BCUT2D eigenvalue weighted by Gasteiger charge is -2.41. The predicted octanol–water partition coefficient (Wildman–Crippen LogP) is 2.70. The first-order chi connectivity index (χ1) is 13.1. The van der Waals surface area contributed by atoms with Crippen LogP contribution in [0.15, 0.2) is 48.5 Å². The average molecular weight is 390 g/mol. The molecular formula is C20H20ClNO5. The number of carbonyl (C=O) groups excluding carboxylic acids is 2. The van der Waals surface area contributed by atoms with Crippen molar-refractivity contribution in [1.82, 2.24) is 4.90 Å². The van der Waals surface area contributed by atoms with Gasteiger partial charge in [-0.25, -0.2) is 4.79 Å². The SMILES string of the molecule is COC(=O)c1ccc(C(=O)N2CCO[C@@H](CO)[C@@H]2c2ccccc2Cl)cc1. The molecule has 2 atom stereocenters. The fraction of sp³-hybridized carbons (Fsp3) is 0.300. The molecule has 0 unspecified atom stereocenters. The molecule has 1 N–H and O–H groups in total. The third kappa shape index (κ3) is 3.98. The largest absolute Gasteiger partial charge is 0.465 e. The van der Waals surface area contributed by atoms with Gasteiger partial charge in [-0.3, -0.25) is 4.79 Å². The van der Waals surface area contributed by atoms with Gasteiger partial charge < -0.3 is 19.5 Å². The number of hydrogen-bond acceptors (Lipinski definition) is 5. The highest BCUT2D eigenvalue weighted by atomic mass is 35.5. The number of methoxy groups -OCH3 is 1. The third-order valence-corrected chi connectivity index (χ3v) is 4.91. The van der Waals surface area contributed by atoms with Crippen LogP contribution in [0.25, 0.3) is 0 Å². The Kier molecular flexibility index (Phi) is 6.11. The van der Waals surface area contributed by atoms with E-state index < -0.39 is 18.1 Å². The second-order valence-corrected chi connectivity index (χ2v) is 6.53. The minimum atomic E-state index is -0.572. The Bertz CT molecular complexity index is 823. The molecule has 1 amide bonds. The van der Waals surface area contributed by atoms with Gasteiger partial charge in [0.05, 0.1) is 31.9 Å². The van der Waals surface area contributed by atoms with E-state index in [1.165, 1.54) is 7.11 Å². The molecule has 0 aromatic heterocycles. The zero-order valence-electron chi connectivity index (χ0n) is 14.8. The molecular weight excluding hydrogens is 370 g/mol. The molecule has 7 heteroatoms. The van der Waals surface area contributed by atoms with E-state index >= 15 is 0 Å². The van der Waals surface area contributed by atoms with Gasteiger partial charge in [-0.05, 0) is 35.9 Å². The summed E-state index contributed by atoms with van der Waals surface area (Å²) in [5.74, 6) is -0.687. The molecule has 3 rings (SSSR count). The van der Waals surface area contributed by atoms with Crippen LogP contribution in [0, 0.1) is 0 Å². The van der Waals surface area contributed by atoms with Crippen molar-refractivity contribution in [3.63, 3.8) is 0 Å². The summed E-state index contributed by atoms with van der Waals surface area (Å²) in [7, 11) is 1.30. The topological polar surface area (TPSA) is 76.1 Å². The molecule has 6 nitrogen and oxygen atoms in total. The second kappa shape index (κ2) is 8.52. The Morgan fingerprint density at radius 1 is 1.19 bits per heavy atom. The van der Waals surface area contributed by atoms with Crippen LogP contribution < -0.4 is 0 Å². The smallest absolute Gasteiger partial charge is 0.337 e. The van der Waals surface area contributed by atoms with Gasteiger partial charge in [0.1, 0.15) is 6.10 Å². The molecule has 0 radical (unpaired) electrons. The van der Waals surface area contributed by atoms with Crippen molar-refractivity contribution >= 4 is 23.5 Å². The summed E-state index contributed by atoms with van der Waals surface area (Å²) in [4.78, 5) is 26.4. The number of morpholine rings is 1. The molecule has 0 bridgehead atoms. The van der Waals surface area contributed by atoms with E-state index in [1.54, 1.807) is 41.3 Å². The standard InChI is InChI=1S/C20H20ClNO5/c1-26-20(25)14-8-6-13(7-9-14)19(24)22-10-11-27-17(12-23)18(22)15-4-2-3-5-16(15)21/h2-9,17-18,23H,10-12H2,1H3/t17-,18-/m0/s1. The van der Waals surface area contributed by atoms with Crippen LogP contribution >= 0.6 is 11.6 Å². The molecule has 1 fully saturated rings. The van der Waals surface area contributed by atoms with E-state index in [-0.39, 0.29) is 12.5 Å². The van der Waals surface area contributed by atoms with Crippen molar-refractivity contribution in [3.05, 3.63) is 70.2 Å². The molecule has 0 aliphatic carbocycles. The molecule has 1 aliphatic rings. The van der Waals surface area contributed by atoms with Gasteiger partial charge in [-0.15, -0.1) is 0 Å². The summed E-state index contributed by atoms with van der Waals surface area (Å²) in [6, 6.07) is 13.0. The number of aliphatic hydroxyl groups excluding tert-OH is 1. The third-order valence-electron chi connectivity index (χ3n) is 4.57. The van der Waals surface area contributed by atoms with Crippen LogP contribution in [-0.4, -0.2) is 54.9 Å². The predicted molar refractivity (Wildman–Crippen MR) is 99.8 cm³/mol. The Morgan fingerprint density at radius 3 is 2.48 bits per heavy atom. The minimum Gasteiger partial charge on any atom is -0.465 e. The molecule has 142 valence electrons. The zero-order chi connectivity index (χ0) is 19.4. The summed E-state index contributed by atoms with van der Waals surface area (Å²) in [6.45, 7) is 0.448. The van der Waals surface area contributed by atoms with Gasteiger partial charge in [-0.1, -0.05) is 29.8 Å². The number of benzene rings is 2. The highest BCUT2D eigenvalue weighted by Crippen LogP contribution is 2.34. The van der Waals surface area contributed by atoms with Crippen molar-refractivity contribution in [3.8, 4) is 0 Å². The lowest BCUT2D eigenvalue weighted by Crippen LogP contribution is -2.49. The molecule has 1 heterocycles. The average Bonchev–Trinajstić information content (AvgIpc) is 2.72. The maximum Gasteiger partial charge on any atom is 0.337 e. The maximum absolute atomic E-state index is 13.1. The van der Waals surface area contributed by atoms with Gasteiger partial charge in [0.15, 0.2) is 0 Å². The molecule has 0 spiro atoms. The van der Waals surface area contributed by atoms with Crippen molar-refractivity contribution in [2.75, 3.05) is 26.9 Å². The minimum absolute atomic E-state index is 0.224. The van der Waals surface area contributed by atoms with E-state index in [0.717, 1.165) is 5.56 Å². The highest BCUT2D eigenvalue weighted by molar-refractivity contribution is 6.31. The number of carbonyl (C=O) groups is 2. The summed E-state index contributed by atoms with van der Waals surface area (Å²) >= 11 is 6.34. The van der Waals surface area contributed by atoms with Crippen LogP contribution in [0.2, 0.25) is 5.02 Å². The van der Waals surface area contributed by atoms with E-state index in [1.807, 2.05) is 12.1 Å². The molecule has 2 aromatic carbocycles. The second-order valence-electron chi connectivity index (χ2n) is 6.13. The zero-order valence-corrected chi connectivity index (χ0v) is 15.6. The Hall–Kier alpha value is -2.41. The van der Waals surface area contributed by atoms with Crippen LogP contribution in [0.4, 0.5) is 0 Å². The molecule has 2 aromatic rings. The van der Waals surface area contributed by atoms with Crippen LogP contribution in [0.3, 0.4) is 0 Å². The van der Waals surface area contributed by atoms with E-state index in [9.17, 15) is 14.7 Å². The van der Waals surface area contributed by atoms with Crippen LogP contribution in [-0.2, 0) is 9.47 Å². The Morgan fingerprint density at radius 2 is 1.85 bits per heavy atom. The van der Waals surface area contributed by atoms with Gasteiger partial charge in [-0.2, -0.15) is 0 Å². The van der Waals surface area contributed by atoms with Crippen molar-refractivity contribution in [1.29, 1.82) is 0 Å². The monoisotopic (exact) mass is 389 g/mol. The summed E-state index contributed by atoms with van der Waals surface area (Å²) < 4.78 is 10.3. The summed E-state index contributed by atoms with van der Waals surface area (Å²) in [5, 5.41) is 10.3. The summed E-state index contributed by atoms with van der Waals surface area (Å²) in [5.41, 5.74) is 1.52. The van der Waals surface area contributed by atoms with Crippen molar-refractivity contribution in [2.24, 2.45) is 0 Å². The number of aliphatic hydroxyl groups is 1. The first kappa shape index (κ1) is 19.4. The van der Waals surface area contributed by atoms with Gasteiger partial charge in [0.25, 0.3) is 5.91 Å². The normalized spacial score (nSPS) is 19.6. The van der Waals surface area contributed by atoms with E-state index in [2.05, 4.69) is 4.74 Å². The Labute approximate surface area is 162 Å². The lowest BCUT2D eigenvalue weighted by molar-refractivity contribution is -0.0811. The number of rotatable bonds is 4. The molecule has 0 saturated carbocycles. The Balaban J connectivity index is 1.93. The number of ether oxygens (including phenoxy) is 2. The van der Waals surface area contributed by atoms with Gasteiger partial charge in [0.2, 0.25) is 0 Å². The number of nitrogens with zero attached hydrogens (tertiary/aromatic N) is 1. The quantitative estimate of drug-likeness (QED) is 0.814. The number of hydrogen-bond donors (Lipinski definition) is 1. The number of esters is 1. The number of halogens is 1. The van der Waals surface area contributed by atoms with Gasteiger partial charge in [0, 0.05) is 17.1 Å². The van der Waals surface area contributed by atoms with Crippen molar-refractivity contribution < 1.29 is 24.2 Å². The molecule has 1 aliphatic heterocycles. The highest BCUT2D eigenvalue weighted by Gasteiger charge is 2.37. The fourth-order valence-electron chi connectivity index (χ4n) is 3.23. The summed E-state index contributed by atoms with van der Waals surface area (Å²) in [6.07, 6.45) is -0.572. The first-order valence-electron chi connectivity index (χ1n) is 8.53. The van der Waals surface area contributed by atoms with Crippen LogP contribution in [0.1, 0.15) is 32.3 Å². The van der Waals surface area contributed by atoms with Crippen LogP contribution in [0.5, 0.6) is 0 Å². The first-order valence-corrected chi connectivity index (χ1v) is 8.91. The molecule has 27 heavy (non-hydrogen) atoms. The van der Waals surface area contributed by atoms with E-state index in [0.29, 0.717) is 29.3 Å². The van der Waals surface area contributed by atoms with E-state index in [4.69, 9.17) is 16.3 Å². The maximum atomic E-state index is 13.1.